The van der Waals surface area contributed by atoms with Gasteiger partial charge in [0.25, 0.3) is 16.0 Å². The number of carbonyl (C=O) groups is 1. The average Bonchev–Trinajstić information content (AvgIpc) is 2.96. The number of aliphatic hydroxyl groups excluding tert-OH is 1. The van der Waals surface area contributed by atoms with E-state index in [0.717, 1.165) is 33.7 Å². The number of aliphatic hydroxyl groups is 1. The van der Waals surface area contributed by atoms with Crippen LogP contribution in [0.25, 0.3) is 10.9 Å². The number of fused-ring (bicyclic) bond motifs is 1. The highest BCUT2D eigenvalue weighted by Crippen LogP contribution is 2.28. The Morgan fingerprint density at radius 1 is 0.795 bits per heavy atom. The van der Waals surface area contributed by atoms with E-state index in [9.17, 15) is 13.2 Å². The third-order valence-electron chi connectivity index (χ3n) is 6.49. The number of nitrogen functional groups attached to an aromatic ring is 2. The zero-order valence-electron chi connectivity index (χ0n) is 24.2. The van der Waals surface area contributed by atoms with Gasteiger partial charge in [0.05, 0.1) is 34.7 Å². The van der Waals surface area contributed by atoms with Gasteiger partial charge < -0.3 is 32.5 Å². The van der Waals surface area contributed by atoms with E-state index in [1.807, 2.05) is 109 Å². The normalized spacial score (nSPS) is 10.9. The lowest BCUT2D eigenvalue weighted by Crippen LogP contribution is -2.28. The number of nitrogens with two attached hydrogens (primary N) is 2. The average molecular weight is 618 g/mol. The summed E-state index contributed by atoms with van der Waals surface area (Å²) in [7, 11) is 0.0349. The van der Waals surface area contributed by atoms with Gasteiger partial charge in [-0.05, 0) is 54.6 Å². The predicted octanol–water partition coefficient (Wildman–Crippen LogP) is 3.26. The lowest BCUT2D eigenvalue weighted by Gasteiger charge is -2.13. The van der Waals surface area contributed by atoms with Crippen LogP contribution >= 0.6 is 0 Å². The number of nitrogens with one attached hydrogen (secondary N) is 3. The molecule has 0 bridgehead atoms. The maximum atomic E-state index is 12.9. The Kier molecular flexibility index (Phi) is 9.95. The van der Waals surface area contributed by atoms with Crippen LogP contribution in [-0.2, 0) is 24.2 Å². The summed E-state index contributed by atoms with van der Waals surface area (Å²) in [5, 5.41) is 18.5. The zero-order valence-corrected chi connectivity index (χ0v) is 25.0. The highest BCUT2D eigenvalue weighted by atomic mass is 32.2. The van der Waals surface area contributed by atoms with Crippen molar-refractivity contribution in [2.45, 2.75) is 0 Å². The van der Waals surface area contributed by atoms with Gasteiger partial charge in [0.15, 0.2) is 18.6 Å². The molecule has 2 heterocycles. The van der Waals surface area contributed by atoms with Crippen molar-refractivity contribution in [3.05, 3.63) is 103 Å². The number of aromatic nitrogens is 2. The largest absolute Gasteiger partial charge is 0.399 e. The smallest absolute Gasteiger partial charge is 0.267 e. The standard InChI is InChI=1S/C29H27N7O.C2H6O4S/c1-35-14-11-22(12-15-35)32-20-4-6-21(7-5-20)34-29(37)24-9-8-23(18-26(24)31)33-27-13-16-36(2)28-10-3-19(30)17-25(27)28;3-1-2-7(4,5)6/h3-18H,30H2,1-2H3,(H3,31,34,37);3H,1-2H2,(H,4,5,6)/p+2. The molecule has 0 saturated carbocycles. The molecule has 0 aliphatic rings. The quantitative estimate of drug-likeness (QED) is 0.0779. The first-order valence-corrected chi connectivity index (χ1v) is 15.1. The Morgan fingerprint density at radius 2 is 1.43 bits per heavy atom. The topological polar surface area (TPSA) is 188 Å². The Bertz CT molecular complexity index is 1880. The van der Waals surface area contributed by atoms with E-state index in [-0.39, 0.29) is 5.91 Å². The molecule has 9 N–H and O–H groups in total. The summed E-state index contributed by atoms with van der Waals surface area (Å²) in [6.07, 6.45) is 5.92. The SMILES string of the molecule is C[n+]1ccc(Nc2ccc(NC(=O)c3ccc(Nc4cc[n+](C)c5ccc(N)cc45)cc3N)cc2)cc1.O=S(=O)(O)CCO. The first-order valence-electron chi connectivity index (χ1n) is 13.5. The predicted molar refractivity (Wildman–Crippen MR) is 172 cm³/mol. The third-order valence-corrected chi connectivity index (χ3v) is 7.19. The summed E-state index contributed by atoms with van der Waals surface area (Å²) >= 11 is 0. The molecule has 0 fully saturated rings. The van der Waals surface area contributed by atoms with Crippen molar-refractivity contribution in [1.82, 2.24) is 0 Å². The molecule has 13 heteroatoms. The van der Waals surface area contributed by atoms with Gasteiger partial charge in [0.2, 0.25) is 5.52 Å². The van der Waals surface area contributed by atoms with Gasteiger partial charge in [0, 0.05) is 52.7 Å². The zero-order chi connectivity index (χ0) is 31.9. The lowest BCUT2D eigenvalue weighted by atomic mass is 10.1. The number of hydrogen-bond donors (Lipinski definition) is 7. The van der Waals surface area contributed by atoms with Crippen molar-refractivity contribution in [2.75, 3.05) is 39.8 Å². The van der Waals surface area contributed by atoms with Crippen LogP contribution in [0.2, 0.25) is 0 Å². The molecule has 2 aromatic heterocycles. The second-order valence-corrected chi connectivity index (χ2v) is 11.5. The lowest BCUT2D eigenvalue weighted by molar-refractivity contribution is -0.671. The number of hydrogen-bond acceptors (Lipinski definition) is 8. The van der Waals surface area contributed by atoms with Gasteiger partial charge in [-0.25, -0.2) is 9.13 Å². The summed E-state index contributed by atoms with van der Waals surface area (Å²) in [5.74, 6) is -0.849. The molecule has 12 nitrogen and oxygen atoms in total. The first-order chi connectivity index (χ1) is 20.9. The maximum absolute atomic E-state index is 12.9. The van der Waals surface area contributed by atoms with Crippen LogP contribution in [-0.4, -0.2) is 36.3 Å². The van der Waals surface area contributed by atoms with Crippen molar-refractivity contribution >= 4 is 66.7 Å². The molecule has 5 rings (SSSR count). The number of aryl methyl sites for hydroxylation is 2. The minimum Gasteiger partial charge on any atom is -0.399 e. The highest BCUT2D eigenvalue weighted by Gasteiger charge is 2.14. The van der Waals surface area contributed by atoms with Crippen LogP contribution in [0.1, 0.15) is 10.4 Å². The minimum absolute atomic E-state index is 0.273. The maximum Gasteiger partial charge on any atom is 0.267 e. The van der Waals surface area contributed by atoms with Gasteiger partial charge in [0.1, 0.15) is 14.1 Å². The molecule has 0 saturated heterocycles. The second kappa shape index (κ2) is 13.8. The molecular formula is C31H35N7O5S+2. The van der Waals surface area contributed by atoms with E-state index in [2.05, 4.69) is 16.0 Å². The van der Waals surface area contributed by atoms with Crippen molar-refractivity contribution in [3.63, 3.8) is 0 Å². The van der Waals surface area contributed by atoms with Crippen LogP contribution < -0.4 is 36.6 Å². The summed E-state index contributed by atoms with van der Waals surface area (Å²) in [6.45, 7) is -0.529. The van der Waals surface area contributed by atoms with Crippen LogP contribution in [0.4, 0.5) is 39.8 Å². The van der Waals surface area contributed by atoms with E-state index >= 15 is 0 Å². The Labute approximate surface area is 255 Å². The number of carbonyl (C=O) groups excluding carboxylic acids is 1. The number of anilines is 7. The number of nitrogens with zero attached hydrogens (tertiary/aromatic N) is 2. The molecular weight excluding hydrogens is 582 g/mol. The van der Waals surface area contributed by atoms with E-state index in [0.29, 0.717) is 22.6 Å². The van der Waals surface area contributed by atoms with E-state index in [1.165, 1.54) is 0 Å². The van der Waals surface area contributed by atoms with Crippen LogP contribution in [0.5, 0.6) is 0 Å². The summed E-state index contributed by atoms with van der Waals surface area (Å²) < 4.78 is 31.1. The molecule has 228 valence electrons. The number of pyridine rings is 2. The van der Waals surface area contributed by atoms with Crippen molar-refractivity contribution in [3.8, 4) is 0 Å². The fraction of sp³-hybridized carbons (Fsp3) is 0.129. The molecule has 44 heavy (non-hydrogen) atoms. The molecule has 3 aromatic carbocycles. The first kappa shape index (κ1) is 31.7. The van der Waals surface area contributed by atoms with Crippen molar-refractivity contribution in [1.29, 1.82) is 0 Å². The second-order valence-electron chi connectivity index (χ2n) is 9.96. The molecule has 1 amide bonds. The molecule has 0 atom stereocenters. The number of rotatable bonds is 8. The van der Waals surface area contributed by atoms with Gasteiger partial charge in [-0.2, -0.15) is 8.42 Å². The molecule has 0 unspecified atom stereocenters. The van der Waals surface area contributed by atoms with Gasteiger partial charge in [-0.1, -0.05) is 0 Å². The monoisotopic (exact) mass is 617 g/mol. The van der Waals surface area contributed by atoms with Gasteiger partial charge in [-0.3, -0.25) is 9.35 Å². The fourth-order valence-electron chi connectivity index (χ4n) is 4.25. The Morgan fingerprint density at radius 3 is 2.05 bits per heavy atom. The number of amides is 1. The van der Waals surface area contributed by atoms with Crippen molar-refractivity contribution < 1.29 is 32.0 Å². The van der Waals surface area contributed by atoms with E-state index in [4.69, 9.17) is 21.1 Å². The molecule has 5 aromatic rings. The summed E-state index contributed by atoms with van der Waals surface area (Å²) in [4.78, 5) is 12.9. The Balaban J connectivity index is 0.000000566. The molecule has 0 aliphatic heterocycles. The van der Waals surface area contributed by atoms with Crippen LogP contribution in [0.3, 0.4) is 0 Å². The minimum atomic E-state index is -3.92. The summed E-state index contributed by atoms with van der Waals surface area (Å²) in [6, 6.07) is 24.6. The molecule has 0 radical (unpaired) electrons. The van der Waals surface area contributed by atoms with Gasteiger partial charge >= 0.3 is 0 Å². The van der Waals surface area contributed by atoms with Crippen LogP contribution in [0.15, 0.2) is 97.5 Å². The number of benzene rings is 3. The van der Waals surface area contributed by atoms with Crippen LogP contribution in [0, 0.1) is 0 Å². The highest BCUT2D eigenvalue weighted by molar-refractivity contribution is 7.85. The van der Waals surface area contributed by atoms with Gasteiger partial charge in [-0.15, -0.1) is 0 Å². The van der Waals surface area contributed by atoms with E-state index < -0.39 is 22.5 Å². The Hall–Kier alpha value is -5.24. The van der Waals surface area contributed by atoms with Crippen molar-refractivity contribution in [2.24, 2.45) is 14.1 Å². The van der Waals surface area contributed by atoms with E-state index in [1.54, 1.807) is 12.1 Å². The fourth-order valence-corrected chi connectivity index (χ4v) is 4.48. The molecule has 0 aliphatic carbocycles. The third kappa shape index (κ3) is 8.64. The molecule has 0 spiro atoms. The summed E-state index contributed by atoms with van der Waals surface area (Å²) in [5.41, 5.74) is 19.1.